The summed E-state index contributed by atoms with van der Waals surface area (Å²) < 4.78 is 16.2. The fraction of sp³-hybridized carbons (Fsp3) is 0.412. The monoisotopic (exact) mass is 276 g/mol. The Balaban J connectivity index is 2.31. The lowest BCUT2D eigenvalue weighted by atomic mass is 10.1. The zero-order valence-electron chi connectivity index (χ0n) is 12.6. The van der Waals surface area contributed by atoms with Crippen LogP contribution >= 0.6 is 0 Å². The van der Waals surface area contributed by atoms with Crippen LogP contribution in [0.5, 0.6) is 5.75 Å². The van der Waals surface area contributed by atoms with E-state index < -0.39 is 0 Å². The van der Waals surface area contributed by atoms with E-state index in [1.807, 2.05) is 37.3 Å². The van der Waals surface area contributed by atoms with Crippen LogP contribution in [-0.4, -0.2) is 26.9 Å². The Morgan fingerprint density at radius 2 is 1.95 bits per heavy atom. The van der Waals surface area contributed by atoms with E-state index in [0.29, 0.717) is 13.2 Å². The summed E-state index contributed by atoms with van der Waals surface area (Å²) in [5, 5.41) is 0. The normalized spacial score (nSPS) is 13.1. The third-order valence-corrected chi connectivity index (χ3v) is 3.05. The first-order chi connectivity index (χ1) is 9.69. The van der Waals surface area contributed by atoms with Crippen molar-refractivity contribution in [3.05, 3.63) is 54.1 Å². The zero-order valence-corrected chi connectivity index (χ0v) is 12.6. The van der Waals surface area contributed by atoms with Crippen molar-refractivity contribution in [1.82, 2.24) is 0 Å². The Labute approximate surface area is 121 Å². The van der Waals surface area contributed by atoms with Crippen molar-refractivity contribution in [1.29, 1.82) is 0 Å². The number of methoxy groups -OCH3 is 2. The van der Waals surface area contributed by atoms with Gasteiger partial charge >= 0.3 is 0 Å². The number of benzene rings is 1. The third-order valence-electron chi connectivity index (χ3n) is 3.05. The molecule has 0 aliphatic carbocycles. The van der Waals surface area contributed by atoms with Gasteiger partial charge < -0.3 is 14.2 Å². The molecule has 0 heterocycles. The molecule has 0 amide bonds. The number of allylic oxidation sites excluding steroid dienone is 2. The predicted molar refractivity (Wildman–Crippen MR) is 82.0 cm³/mol. The lowest BCUT2D eigenvalue weighted by molar-refractivity contribution is 0.0676. The van der Waals surface area contributed by atoms with Crippen LogP contribution in [0.2, 0.25) is 0 Å². The van der Waals surface area contributed by atoms with Crippen LogP contribution < -0.4 is 4.74 Å². The van der Waals surface area contributed by atoms with Gasteiger partial charge in [0.05, 0.1) is 19.8 Å². The van der Waals surface area contributed by atoms with E-state index in [2.05, 4.69) is 12.7 Å². The fourth-order valence-electron chi connectivity index (χ4n) is 1.74. The molecule has 0 bridgehead atoms. The second-order valence-electron chi connectivity index (χ2n) is 4.58. The third kappa shape index (κ3) is 6.04. The van der Waals surface area contributed by atoms with E-state index >= 15 is 0 Å². The van der Waals surface area contributed by atoms with Crippen LogP contribution in [0.4, 0.5) is 0 Å². The average molecular weight is 276 g/mol. The van der Waals surface area contributed by atoms with E-state index in [4.69, 9.17) is 14.2 Å². The molecule has 1 rings (SSSR count). The van der Waals surface area contributed by atoms with Crippen LogP contribution in [0.25, 0.3) is 0 Å². The summed E-state index contributed by atoms with van der Waals surface area (Å²) in [7, 11) is 3.37. The molecule has 0 aliphatic rings. The Morgan fingerprint density at radius 1 is 1.25 bits per heavy atom. The molecule has 110 valence electrons. The van der Waals surface area contributed by atoms with Gasteiger partial charge in [-0.1, -0.05) is 36.4 Å². The lowest BCUT2D eigenvalue weighted by Gasteiger charge is -2.12. The van der Waals surface area contributed by atoms with Gasteiger partial charge in [-0.2, -0.15) is 0 Å². The zero-order chi connectivity index (χ0) is 14.8. The van der Waals surface area contributed by atoms with E-state index in [0.717, 1.165) is 23.3 Å². The first-order valence-electron chi connectivity index (χ1n) is 6.74. The molecule has 3 nitrogen and oxygen atoms in total. The summed E-state index contributed by atoms with van der Waals surface area (Å²) in [5.41, 5.74) is 2.25. The maximum absolute atomic E-state index is 5.66. The van der Waals surface area contributed by atoms with Crippen LogP contribution in [-0.2, 0) is 16.1 Å². The largest absolute Gasteiger partial charge is 0.497 e. The van der Waals surface area contributed by atoms with Crippen LogP contribution in [0.15, 0.2) is 48.6 Å². The van der Waals surface area contributed by atoms with Gasteiger partial charge in [0.2, 0.25) is 0 Å². The molecule has 0 N–H and O–H groups in total. The van der Waals surface area contributed by atoms with E-state index in [1.54, 1.807) is 14.2 Å². The second kappa shape index (κ2) is 9.34. The smallest absolute Gasteiger partial charge is 0.118 e. The second-order valence-corrected chi connectivity index (χ2v) is 4.58. The molecule has 0 aliphatic heterocycles. The summed E-state index contributed by atoms with van der Waals surface area (Å²) in [6, 6.07) is 7.89. The minimum atomic E-state index is 0.0730. The Morgan fingerprint density at radius 3 is 2.50 bits per heavy atom. The number of rotatable bonds is 9. The molecule has 0 spiro atoms. The first-order valence-corrected chi connectivity index (χ1v) is 6.74. The van der Waals surface area contributed by atoms with Crippen molar-refractivity contribution in [3.63, 3.8) is 0 Å². The van der Waals surface area contributed by atoms with Crippen LogP contribution in [0, 0.1) is 0 Å². The predicted octanol–water partition coefficient (Wildman–Crippen LogP) is 3.75. The van der Waals surface area contributed by atoms with E-state index in [1.165, 1.54) is 0 Å². The molecule has 1 atom stereocenters. The number of hydrogen-bond donors (Lipinski definition) is 0. The minimum absolute atomic E-state index is 0.0730. The molecule has 20 heavy (non-hydrogen) atoms. The molecule has 0 radical (unpaired) electrons. The fourth-order valence-corrected chi connectivity index (χ4v) is 1.74. The molecule has 3 heteroatoms. The first kappa shape index (κ1) is 16.5. The molecular formula is C17H24O3. The van der Waals surface area contributed by atoms with Crippen LogP contribution in [0.1, 0.15) is 18.9 Å². The highest BCUT2D eigenvalue weighted by atomic mass is 16.5. The van der Waals surface area contributed by atoms with Gasteiger partial charge in [0.25, 0.3) is 0 Å². The Kier molecular flexibility index (Phi) is 7.70. The summed E-state index contributed by atoms with van der Waals surface area (Å²) in [6.45, 7) is 7.00. The molecule has 0 aromatic heterocycles. The van der Waals surface area contributed by atoms with E-state index in [-0.39, 0.29) is 6.10 Å². The van der Waals surface area contributed by atoms with Gasteiger partial charge in [0, 0.05) is 20.1 Å². The molecule has 0 fully saturated rings. The highest BCUT2D eigenvalue weighted by molar-refractivity contribution is 5.26. The standard InChI is InChI=1S/C17H24O3/c1-5-14(2)12-17(19-4)10-11-20-13-15-6-8-16(18-3)9-7-15/h5-9,12,17H,1,10-11,13H2,2-4H3/b14-12+/t17-/m0/s1. The molecule has 1 aromatic rings. The molecule has 0 saturated carbocycles. The van der Waals surface area contributed by atoms with Gasteiger partial charge in [-0.3, -0.25) is 0 Å². The highest BCUT2D eigenvalue weighted by Crippen LogP contribution is 2.12. The van der Waals surface area contributed by atoms with Crippen molar-refractivity contribution >= 4 is 0 Å². The molecule has 1 aromatic carbocycles. The van der Waals surface area contributed by atoms with Gasteiger partial charge in [-0.05, 0) is 24.6 Å². The highest BCUT2D eigenvalue weighted by Gasteiger charge is 2.04. The maximum atomic E-state index is 5.66. The van der Waals surface area contributed by atoms with Gasteiger partial charge in [-0.25, -0.2) is 0 Å². The molecule has 0 saturated heterocycles. The SMILES string of the molecule is C=C/C(C)=C/[C@H](CCOCc1ccc(OC)cc1)OC. The van der Waals surface area contributed by atoms with Crippen molar-refractivity contribution in [2.75, 3.05) is 20.8 Å². The quantitative estimate of drug-likeness (QED) is 0.508. The topological polar surface area (TPSA) is 27.7 Å². The van der Waals surface area contributed by atoms with Gasteiger partial charge in [0.15, 0.2) is 0 Å². The van der Waals surface area contributed by atoms with Gasteiger partial charge in [-0.15, -0.1) is 0 Å². The molecule has 0 unspecified atom stereocenters. The summed E-state index contributed by atoms with van der Waals surface area (Å²) in [4.78, 5) is 0. The Hall–Kier alpha value is -1.58. The van der Waals surface area contributed by atoms with Crippen molar-refractivity contribution in [3.8, 4) is 5.75 Å². The van der Waals surface area contributed by atoms with Crippen molar-refractivity contribution < 1.29 is 14.2 Å². The van der Waals surface area contributed by atoms with Gasteiger partial charge in [0.1, 0.15) is 5.75 Å². The lowest BCUT2D eigenvalue weighted by Crippen LogP contribution is -2.11. The van der Waals surface area contributed by atoms with E-state index in [9.17, 15) is 0 Å². The average Bonchev–Trinajstić information content (AvgIpc) is 2.50. The molecular weight excluding hydrogens is 252 g/mol. The Bertz CT molecular complexity index is 420. The summed E-state index contributed by atoms with van der Waals surface area (Å²) >= 11 is 0. The van der Waals surface area contributed by atoms with Crippen molar-refractivity contribution in [2.45, 2.75) is 26.1 Å². The maximum Gasteiger partial charge on any atom is 0.118 e. The number of ether oxygens (including phenoxy) is 3. The number of hydrogen-bond acceptors (Lipinski definition) is 3. The minimum Gasteiger partial charge on any atom is -0.497 e. The van der Waals surface area contributed by atoms with Crippen molar-refractivity contribution in [2.24, 2.45) is 0 Å². The van der Waals surface area contributed by atoms with Crippen LogP contribution in [0.3, 0.4) is 0 Å². The summed E-state index contributed by atoms with van der Waals surface area (Å²) in [6.07, 6.45) is 4.79. The summed E-state index contributed by atoms with van der Waals surface area (Å²) in [5.74, 6) is 0.859.